The molecule has 0 aliphatic carbocycles. The van der Waals surface area contributed by atoms with Crippen LogP contribution >= 0.6 is 11.6 Å². The van der Waals surface area contributed by atoms with E-state index in [1.807, 2.05) is 20.8 Å². The van der Waals surface area contributed by atoms with Crippen LogP contribution in [0.1, 0.15) is 20.8 Å². The normalized spacial score (nSPS) is 11.3. The van der Waals surface area contributed by atoms with Crippen molar-refractivity contribution < 1.29 is 9.59 Å². The molecule has 0 atom stereocenters. The van der Waals surface area contributed by atoms with E-state index in [1.54, 1.807) is 36.2 Å². The lowest BCUT2D eigenvalue weighted by Gasteiger charge is -2.23. The van der Waals surface area contributed by atoms with E-state index in [2.05, 4.69) is 10.6 Å². The number of para-hydroxylation sites is 1. The van der Waals surface area contributed by atoms with E-state index < -0.39 is 0 Å². The van der Waals surface area contributed by atoms with Crippen LogP contribution < -0.4 is 10.6 Å². The molecule has 1 aromatic carbocycles. The summed E-state index contributed by atoms with van der Waals surface area (Å²) in [5.74, 6) is -0.329. The fourth-order valence-corrected chi connectivity index (χ4v) is 1.94. The fraction of sp³-hybridized carbons (Fsp3) is 0.467. The first kappa shape index (κ1) is 17.5. The van der Waals surface area contributed by atoms with Gasteiger partial charge in [-0.2, -0.15) is 0 Å². The van der Waals surface area contributed by atoms with Crippen LogP contribution in [0.15, 0.2) is 24.3 Å². The minimum atomic E-state index is -0.280. The third-order valence-corrected chi connectivity index (χ3v) is 2.82. The second-order valence-electron chi connectivity index (χ2n) is 6.00. The van der Waals surface area contributed by atoms with Gasteiger partial charge >= 0.3 is 0 Å². The summed E-state index contributed by atoms with van der Waals surface area (Å²) in [4.78, 5) is 25.3. The number of halogens is 1. The Bertz CT molecular complexity index is 512. The molecule has 2 N–H and O–H groups in total. The summed E-state index contributed by atoms with van der Waals surface area (Å²) in [6.45, 7) is 6.01. The highest BCUT2D eigenvalue weighted by Crippen LogP contribution is 2.20. The highest BCUT2D eigenvalue weighted by atomic mass is 35.5. The molecule has 21 heavy (non-hydrogen) atoms. The maximum atomic E-state index is 11.9. The molecule has 0 fully saturated rings. The van der Waals surface area contributed by atoms with Gasteiger partial charge in [0.1, 0.15) is 0 Å². The van der Waals surface area contributed by atoms with E-state index in [9.17, 15) is 9.59 Å². The Kier molecular flexibility index (Phi) is 6.18. The van der Waals surface area contributed by atoms with Gasteiger partial charge in [0, 0.05) is 5.54 Å². The quantitative estimate of drug-likeness (QED) is 0.875. The van der Waals surface area contributed by atoms with E-state index in [0.29, 0.717) is 10.7 Å². The summed E-state index contributed by atoms with van der Waals surface area (Å²) >= 11 is 5.97. The van der Waals surface area contributed by atoms with E-state index >= 15 is 0 Å². The molecule has 116 valence electrons. The van der Waals surface area contributed by atoms with Crippen LogP contribution in [-0.4, -0.2) is 42.4 Å². The van der Waals surface area contributed by atoms with Gasteiger partial charge in [0.25, 0.3) is 0 Å². The van der Waals surface area contributed by atoms with Gasteiger partial charge in [-0.05, 0) is 40.0 Å². The molecule has 0 radical (unpaired) electrons. The molecule has 5 nitrogen and oxygen atoms in total. The second-order valence-corrected chi connectivity index (χ2v) is 6.41. The van der Waals surface area contributed by atoms with E-state index in [0.717, 1.165) is 0 Å². The minimum absolute atomic E-state index is 0.114. The van der Waals surface area contributed by atoms with Crippen LogP contribution in [0.4, 0.5) is 5.69 Å². The minimum Gasteiger partial charge on any atom is -0.350 e. The van der Waals surface area contributed by atoms with Gasteiger partial charge in [-0.1, -0.05) is 23.7 Å². The molecular formula is C15H22ClN3O2. The number of nitrogens with one attached hydrogen (secondary N) is 2. The Morgan fingerprint density at radius 2 is 1.71 bits per heavy atom. The molecule has 0 heterocycles. The number of carbonyl (C=O) groups excluding carboxylic acids is 2. The van der Waals surface area contributed by atoms with Crippen molar-refractivity contribution in [2.45, 2.75) is 26.3 Å². The molecule has 6 heteroatoms. The van der Waals surface area contributed by atoms with Gasteiger partial charge in [-0.25, -0.2) is 0 Å². The van der Waals surface area contributed by atoms with Crippen molar-refractivity contribution in [2.75, 3.05) is 25.5 Å². The van der Waals surface area contributed by atoms with Gasteiger partial charge in [-0.15, -0.1) is 0 Å². The monoisotopic (exact) mass is 311 g/mol. The molecule has 0 unspecified atom stereocenters. The number of amides is 2. The zero-order valence-corrected chi connectivity index (χ0v) is 13.6. The Hall–Kier alpha value is -1.59. The molecule has 0 aliphatic heterocycles. The van der Waals surface area contributed by atoms with Crippen molar-refractivity contribution in [2.24, 2.45) is 0 Å². The average Bonchev–Trinajstić information content (AvgIpc) is 2.28. The van der Waals surface area contributed by atoms with Crippen molar-refractivity contribution >= 4 is 29.1 Å². The summed E-state index contributed by atoms with van der Waals surface area (Å²) in [5, 5.41) is 6.05. The molecule has 1 aromatic rings. The molecule has 0 spiro atoms. The summed E-state index contributed by atoms with van der Waals surface area (Å²) in [6, 6.07) is 7.02. The van der Waals surface area contributed by atoms with Gasteiger partial charge < -0.3 is 10.6 Å². The molecule has 0 bridgehead atoms. The molecule has 0 aromatic heterocycles. The molecule has 0 saturated carbocycles. The summed E-state index contributed by atoms with van der Waals surface area (Å²) in [7, 11) is 1.72. The lowest BCUT2D eigenvalue weighted by Crippen LogP contribution is -2.46. The molecule has 0 aliphatic rings. The van der Waals surface area contributed by atoms with E-state index in [4.69, 9.17) is 11.6 Å². The van der Waals surface area contributed by atoms with E-state index in [-0.39, 0.29) is 30.4 Å². The smallest absolute Gasteiger partial charge is 0.238 e. The number of rotatable bonds is 5. The lowest BCUT2D eigenvalue weighted by molar-refractivity contribution is -0.124. The average molecular weight is 312 g/mol. The van der Waals surface area contributed by atoms with Crippen LogP contribution in [0.5, 0.6) is 0 Å². The molecule has 2 amide bonds. The van der Waals surface area contributed by atoms with Crippen LogP contribution in [0.25, 0.3) is 0 Å². The highest BCUT2D eigenvalue weighted by Gasteiger charge is 2.16. The Morgan fingerprint density at radius 3 is 2.29 bits per heavy atom. The predicted molar refractivity (Wildman–Crippen MR) is 85.5 cm³/mol. The number of anilines is 1. The van der Waals surface area contributed by atoms with Gasteiger partial charge in [0.05, 0.1) is 23.8 Å². The van der Waals surface area contributed by atoms with Crippen LogP contribution in [0.2, 0.25) is 5.02 Å². The predicted octanol–water partition coefficient (Wildman–Crippen LogP) is 2.12. The molecule has 1 rings (SSSR count). The van der Waals surface area contributed by atoms with Crippen molar-refractivity contribution in [3.63, 3.8) is 0 Å². The number of hydrogen-bond donors (Lipinski definition) is 2. The Labute approximate surface area is 130 Å². The van der Waals surface area contributed by atoms with Crippen LogP contribution in [0, 0.1) is 0 Å². The van der Waals surface area contributed by atoms with Crippen LogP contribution in [0.3, 0.4) is 0 Å². The number of likely N-dealkylation sites (N-methyl/N-ethyl adjacent to an activating group) is 1. The third-order valence-electron chi connectivity index (χ3n) is 2.49. The number of nitrogens with zero attached hydrogens (tertiary/aromatic N) is 1. The lowest BCUT2D eigenvalue weighted by atomic mass is 10.1. The van der Waals surface area contributed by atoms with Crippen LogP contribution in [-0.2, 0) is 9.59 Å². The first-order chi connectivity index (χ1) is 9.67. The van der Waals surface area contributed by atoms with Crippen molar-refractivity contribution in [1.29, 1.82) is 0 Å². The van der Waals surface area contributed by atoms with Gasteiger partial charge in [-0.3, -0.25) is 14.5 Å². The van der Waals surface area contributed by atoms with Crippen molar-refractivity contribution in [3.8, 4) is 0 Å². The Balaban J connectivity index is 2.44. The number of benzene rings is 1. The first-order valence-electron chi connectivity index (χ1n) is 6.71. The number of hydrogen-bond acceptors (Lipinski definition) is 3. The summed E-state index contributed by atoms with van der Waals surface area (Å²) in [5.41, 5.74) is 0.286. The third kappa shape index (κ3) is 7.11. The largest absolute Gasteiger partial charge is 0.350 e. The molecular weight excluding hydrogens is 290 g/mol. The van der Waals surface area contributed by atoms with Crippen molar-refractivity contribution in [3.05, 3.63) is 29.3 Å². The summed E-state index contributed by atoms with van der Waals surface area (Å²) in [6.07, 6.45) is 0. The topological polar surface area (TPSA) is 61.4 Å². The second kappa shape index (κ2) is 7.43. The Morgan fingerprint density at radius 1 is 1.14 bits per heavy atom. The zero-order chi connectivity index (χ0) is 16.0. The van der Waals surface area contributed by atoms with Gasteiger partial charge in [0.15, 0.2) is 0 Å². The fourth-order valence-electron chi connectivity index (χ4n) is 1.76. The zero-order valence-electron chi connectivity index (χ0n) is 12.9. The molecule has 0 saturated heterocycles. The van der Waals surface area contributed by atoms with Gasteiger partial charge in [0.2, 0.25) is 11.8 Å². The highest BCUT2D eigenvalue weighted by molar-refractivity contribution is 6.33. The SMILES string of the molecule is CN(CC(=O)Nc1ccccc1Cl)CC(=O)NC(C)(C)C. The maximum Gasteiger partial charge on any atom is 0.238 e. The number of carbonyl (C=O) groups is 2. The summed E-state index contributed by atoms with van der Waals surface area (Å²) < 4.78 is 0. The standard InChI is InChI=1S/C15H22ClN3O2/c1-15(2,3)18-14(21)10-19(4)9-13(20)17-12-8-6-5-7-11(12)16/h5-8H,9-10H2,1-4H3,(H,17,20)(H,18,21). The maximum absolute atomic E-state index is 11.9. The van der Waals surface area contributed by atoms with E-state index in [1.165, 1.54) is 0 Å². The first-order valence-corrected chi connectivity index (χ1v) is 7.09. The van der Waals surface area contributed by atoms with Crippen molar-refractivity contribution in [1.82, 2.24) is 10.2 Å².